The standard InChI is InChI=1S/C11H11NO/c1-2-5-10-9(4-1)8-12-11(10)6-3-7-13-11/h1-5,7,12H,6,8H2. The van der Waals surface area contributed by atoms with E-state index >= 15 is 0 Å². The SMILES string of the molecule is C1=COC2(C1)NCc1ccccc12. The second-order valence-electron chi connectivity index (χ2n) is 3.53. The van der Waals surface area contributed by atoms with Crippen LogP contribution < -0.4 is 5.32 Å². The maximum absolute atomic E-state index is 5.64. The molecule has 0 saturated carbocycles. The molecule has 1 spiro atoms. The molecule has 1 N–H and O–H groups in total. The van der Waals surface area contributed by atoms with E-state index in [2.05, 4.69) is 35.7 Å². The van der Waals surface area contributed by atoms with Crippen LogP contribution in [0.4, 0.5) is 0 Å². The van der Waals surface area contributed by atoms with Gasteiger partial charge in [0.1, 0.15) is 0 Å². The minimum atomic E-state index is -0.239. The van der Waals surface area contributed by atoms with E-state index in [0.717, 1.165) is 13.0 Å². The van der Waals surface area contributed by atoms with Crippen LogP contribution in [-0.2, 0) is 17.0 Å². The average molecular weight is 173 g/mol. The molecule has 1 aromatic rings. The van der Waals surface area contributed by atoms with E-state index in [1.807, 2.05) is 0 Å². The third kappa shape index (κ3) is 0.864. The predicted molar refractivity (Wildman–Crippen MR) is 49.8 cm³/mol. The van der Waals surface area contributed by atoms with Crippen molar-refractivity contribution in [2.24, 2.45) is 0 Å². The lowest BCUT2D eigenvalue weighted by atomic mass is 10.00. The highest BCUT2D eigenvalue weighted by Gasteiger charge is 2.40. The van der Waals surface area contributed by atoms with Gasteiger partial charge in [0.2, 0.25) is 0 Å². The molecule has 0 radical (unpaired) electrons. The molecule has 0 fully saturated rings. The summed E-state index contributed by atoms with van der Waals surface area (Å²) >= 11 is 0. The molecule has 66 valence electrons. The number of ether oxygens (including phenoxy) is 1. The Hall–Kier alpha value is -1.28. The van der Waals surface area contributed by atoms with Gasteiger partial charge in [0.05, 0.1) is 6.26 Å². The van der Waals surface area contributed by atoms with Gasteiger partial charge in [0.25, 0.3) is 0 Å². The lowest BCUT2D eigenvalue weighted by Crippen LogP contribution is -2.35. The zero-order valence-corrected chi connectivity index (χ0v) is 7.29. The molecule has 0 bridgehead atoms. The molecule has 0 saturated heterocycles. The summed E-state index contributed by atoms with van der Waals surface area (Å²) in [4.78, 5) is 0. The topological polar surface area (TPSA) is 21.3 Å². The van der Waals surface area contributed by atoms with Crippen LogP contribution in [0.1, 0.15) is 17.5 Å². The molecule has 1 unspecified atom stereocenters. The summed E-state index contributed by atoms with van der Waals surface area (Å²) < 4.78 is 5.64. The summed E-state index contributed by atoms with van der Waals surface area (Å²) in [7, 11) is 0. The molecular weight excluding hydrogens is 162 g/mol. The monoisotopic (exact) mass is 173 g/mol. The first-order valence-electron chi connectivity index (χ1n) is 4.57. The number of hydrogen-bond donors (Lipinski definition) is 1. The van der Waals surface area contributed by atoms with Crippen molar-refractivity contribution in [2.45, 2.75) is 18.7 Å². The first kappa shape index (κ1) is 7.15. The van der Waals surface area contributed by atoms with Crippen LogP contribution in [0.15, 0.2) is 36.6 Å². The predicted octanol–water partition coefficient (Wildman–Crippen LogP) is 1.88. The van der Waals surface area contributed by atoms with Gasteiger partial charge in [-0.25, -0.2) is 0 Å². The zero-order chi connectivity index (χ0) is 8.73. The molecule has 2 aliphatic heterocycles. The van der Waals surface area contributed by atoms with Crippen molar-refractivity contribution < 1.29 is 4.74 Å². The Labute approximate surface area is 77.2 Å². The Morgan fingerprint density at radius 3 is 3.08 bits per heavy atom. The molecule has 0 aliphatic carbocycles. The van der Waals surface area contributed by atoms with Gasteiger partial charge in [-0.3, -0.25) is 5.32 Å². The molecule has 1 aromatic carbocycles. The Bertz CT molecular complexity index is 362. The summed E-state index contributed by atoms with van der Waals surface area (Å²) in [6, 6.07) is 8.43. The fraction of sp³-hybridized carbons (Fsp3) is 0.273. The molecule has 2 aliphatic rings. The van der Waals surface area contributed by atoms with Crippen molar-refractivity contribution in [3.05, 3.63) is 47.7 Å². The molecule has 2 heteroatoms. The van der Waals surface area contributed by atoms with Crippen molar-refractivity contribution in [2.75, 3.05) is 0 Å². The van der Waals surface area contributed by atoms with Crippen LogP contribution in [0.25, 0.3) is 0 Å². The van der Waals surface area contributed by atoms with Crippen molar-refractivity contribution >= 4 is 0 Å². The molecule has 0 amide bonds. The van der Waals surface area contributed by atoms with Gasteiger partial charge in [0.15, 0.2) is 5.72 Å². The number of benzene rings is 1. The van der Waals surface area contributed by atoms with E-state index < -0.39 is 0 Å². The lowest BCUT2D eigenvalue weighted by Gasteiger charge is -2.24. The molecule has 3 rings (SSSR count). The number of hydrogen-bond acceptors (Lipinski definition) is 2. The van der Waals surface area contributed by atoms with E-state index in [0.29, 0.717) is 0 Å². The van der Waals surface area contributed by atoms with Gasteiger partial charge in [-0.2, -0.15) is 0 Å². The second kappa shape index (κ2) is 2.36. The minimum absolute atomic E-state index is 0.239. The summed E-state index contributed by atoms with van der Waals surface area (Å²) in [5, 5.41) is 3.41. The molecule has 1 atom stereocenters. The molecule has 0 aromatic heterocycles. The van der Waals surface area contributed by atoms with Crippen LogP contribution in [0.2, 0.25) is 0 Å². The zero-order valence-electron chi connectivity index (χ0n) is 7.29. The van der Waals surface area contributed by atoms with E-state index in [4.69, 9.17) is 4.74 Å². The molecule has 13 heavy (non-hydrogen) atoms. The fourth-order valence-corrected chi connectivity index (χ4v) is 2.12. The number of fused-ring (bicyclic) bond motifs is 2. The van der Waals surface area contributed by atoms with Crippen molar-refractivity contribution in [3.8, 4) is 0 Å². The van der Waals surface area contributed by atoms with Gasteiger partial charge in [0, 0.05) is 18.5 Å². The van der Waals surface area contributed by atoms with E-state index in [1.54, 1.807) is 6.26 Å². The summed E-state index contributed by atoms with van der Waals surface area (Å²) in [5.74, 6) is 0. The van der Waals surface area contributed by atoms with Crippen LogP contribution in [-0.4, -0.2) is 0 Å². The average Bonchev–Trinajstić information content (AvgIpc) is 2.78. The Morgan fingerprint density at radius 2 is 2.23 bits per heavy atom. The minimum Gasteiger partial charge on any atom is -0.476 e. The third-order valence-electron chi connectivity index (χ3n) is 2.79. The fourth-order valence-electron chi connectivity index (χ4n) is 2.12. The van der Waals surface area contributed by atoms with Crippen LogP contribution >= 0.6 is 0 Å². The van der Waals surface area contributed by atoms with Crippen LogP contribution in [0, 0.1) is 0 Å². The highest BCUT2D eigenvalue weighted by atomic mass is 16.5. The van der Waals surface area contributed by atoms with Crippen LogP contribution in [0.5, 0.6) is 0 Å². The smallest absolute Gasteiger partial charge is 0.190 e. The van der Waals surface area contributed by atoms with Gasteiger partial charge in [-0.05, 0) is 11.6 Å². The van der Waals surface area contributed by atoms with Crippen LogP contribution in [0.3, 0.4) is 0 Å². The van der Waals surface area contributed by atoms with E-state index in [1.165, 1.54) is 11.1 Å². The maximum atomic E-state index is 5.64. The largest absolute Gasteiger partial charge is 0.476 e. The lowest BCUT2D eigenvalue weighted by molar-refractivity contribution is 0.0165. The Kier molecular flexibility index (Phi) is 1.30. The normalized spacial score (nSPS) is 29.2. The Balaban J connectivity index is 2.12. The quantitative estimate of drug-likeness (QED) is 0.646. The van der Waals surface area contributed by atoms with Gasteiger partial charge in [-0.15, -0.1) is 0 Å². The van der Waals surface area contributed by atoms with Crippen molar-refractivity contribution in [3.63, 3.8) is 0 Å². The molecular formula is C11H11NO. The van der Waals surface area contributed by atoms with Crippen molar-refractivity contribution in [1.82, 2.24) is 5.32 Å². The van der Waals surface area contributed by atoms with Crippen molar-refractivity contribution in [1.29, 1.82) is 0 Å². The van der Waals surface area contributed by atoms with Gasteiger partial charge in [-0.1, -0.05) is 24.3 Å². The summed E-state index contributed by atoms with van der Waals surface area (Å²) in [5.41, 5.74) is 2.41. The molecule has 2 nitrogen and oxygen atoms in total. The second-order valence-corrected chi connectivity index (χ2v) is 3.53. The number of rotatable bonds is 0. The highest BCUT2D eigenvalue weighted by molar-refractivity contribution is 5.37. The highest BCUT2D eigenvalue weighted by Crippen LogP contribution is 2.38. The first-order valence-corrected chi connectivity index (χ1v) is 4.57. The maximum Gasteiger partial charge on any atom is 0.190 e. The van der Waals surface area contributed by atoms with E-state index in [-0.39, 0.29) is 5.72 Å². The van der Waals surface area contributed by atoms with E-state index in [9.17, 15) is 0 Å². The summed E-state index contributed by atoms with van der Waals surface area (Å²) in [6.45, 7) is 0.915. The van der Waals surface area contributed by atoms with Gasteiger partial charge >= 0.3 is 0 Å². The summed E-state index contributed by atoms with van der Waals surface area (Å²) in [6.07, 6.45) is 4.79. The number of nitrogens with one attached hydrogen (secondary N) is 1. The van der Waals surface area contributed by atoms with Gasteiger partial charge < -0.3 is 4.74 Å². The molecule has 2 heterocycles. The third-order valence-corrected chi connectivity index (χ3v) is 2.79. The first-order chi connectivity index (χ1) is 6.41. The Morgan fingerprint density at radius 1 is 1.31 bits per heavy atom.